The lowest BCUT2D eigenvalue weighted by atomic mass is 9.81. The molecule has 0 aromatic heterocycles. The van der Waals surface area contributed by atoms with Gasteiger partial charge in [0.25, 0.3) is 0 Å². The second kappa shape index (κ2) is 8.80. The molecule has 1 nitrogen and oxygen atoms in total. The summed E-state index contributed by atoms with van der Waals surface area (Å²) in [6.07, 6.45) is 9.47. The molecule has 1 N–H and O–H groups in total. The zero-order valence-electron chi connectivity index (χ0n) is 13.6. The fraction of sp³-hybridized carbons (Fsp3) is 0.684. The van der Waals surface area contributed by atoms with Crippen LogP contribution in [-0.2, 0) is 0 Å². The van der Waals surface area contributed by atoms with Gasteiger partial charge in [-0.15, -0.1) is 0 Å². The summed E-state index contributed by atoms with van der Waals surface area (Å²) in [7, 11) is 0. The van der Waals surface area contributed by atoms with Crippen LogP contribution in [0.25, 0.3) is 0 Å². The summed E-state index contributed by atoms with van der Waals surface area (Å²) >= 11 is 5.99. The van der Waals surface area contributed by atoms with Gasteiger partial charge in [0.05, 0.1) is 0 Å². The molecular weight excluding hydrogens is 278 g/mol. The number of benzene rings is 1. The molecule has 0 heterocycles. The van der Waals surface area contributed by atoms with Gasteiger partial charge in [0.15, 0.2) is 0 Å². The molecule has 0 radical (unpaired) electrons. The Morgan fingerprint density at radius 2 is 2.00 bits per heavy atom. The van der Waals surface area contributed by atoms with Gasteiger partial charge in [-0.3, -0.25) is 0 Å². The molecule has 2 rings (SSSR count). The van der Waals surface area contributed by atoms with Gasteiger partial charge in [0, 0.05) is 11.1 Å². The van der Waals surface area contributed by atoms with Crippen LogP contribution in [0.15, 0.2) is 24.3 Å². The second-order valence-electron chi connectivity index (χ2n) is 6.77. The molecule has 0 aliphatic heterocycles. The number of rotatable bonds is 7. The van der Waals surface area contributed by atoms with Crippen molar-refractivity contribution in [1.82, 2.24) is 5.32 Å². The Kier molecular flexibility index (Phi) is 7.06. The maximum absolute atomic E-state index is 5.99. The van der Waals surface area contributed by atoms with E-state index in [1.54, 1.807) is 0 Å². The van der Waals surface area contributed by atoms with Crippen molar-refractivity contribution in [2.24, 2.45) is 11.8 Å². The molecule has 0 spiro atoms. The molecule has 0 saturated heterocycles. The largest absolute Gasteiger partial charge is 0.310 e. The number of hydrogen-bond acceptors (Lipinski definition) is 1. The summed E-state index contributed by atoms with van der Waals surface area (Å²) in [4.78, 5) is 0. The Morgan fingerprint density at radius 1 is 1.24 bits per heavy atom. The minimum Gasteiger partial charge on any atom is -0.310 e. The van der Waals surface area contributed by atoms with Crippen LogP contribution < -0.4 is 5.32 Å². The van der Waals surface area contributed by atoms with E-state index in [2.05, 4.69) is 31.3 Å². The van der Waals surface area contributed by atoms with Crippen molar-refractivity contribution in [2.45, 2.75) is 64.8 Å². The van der Waals surface area contributed by atoms with Gasteiger partial charge in [-0.25, -0.2) is 0 Å². The average Bonchev–Trinajstić information content (AvgIpc) is 2.47. The molecule has 118 valence electrons. The number of halogens is 1. The molecule has 0 bridgehead atoms. The fourth-order valence-electron chi connectivity index (χ4n) is 3.65. The highest BCUT2D eigenvalue weighted by Gasteiger charge is 2.19. The lowest BCUT2D eigenvalue weighted by Crippen LogP contribution is -2.25. The Labute approximate surface area is 135 Å². The smallest absolute Gasteiger partial charge is 0.0406 e. The van der Waals surface area contributed by atoms with Gasteiger partial charge < -0.3 is 5.32 Å². The molecule has 2 heteroatoms. The van der Waals surface area contributed by atoms with Gasteiger partial charge in [-0.05, 0) is 55.3 Å². The first-order valence-corrected chi connectivity index (χ1v) is 9.05. The maximum Gasteiger partial charge on any atom is 0.0406 e. The Morgan fingerprint density at radius 3 is 2.67 bits per heavy atom. The molecule has 0 amide bonds. The summed E-state index contributed by atoms with van der Waals surface area (Å²) < 4.78 is 0. The Hall–Kier alpha value is -0.530. The summed E-state index contributed by atoms with van der Waals surface area (Å²) in [5, 5.41) is 4.60. The van der Waals surface area contributed by atoms with E-state index in [1.807, 2.05) is 12.1 Å². The third-order valence-corrected chi connectivity index (χ3v) is 5.09. The van der Waals surface area contributed by atoms with Gasteiger partial charge in [-0.2, -0.15) is 0 Å². The molecule has 1 aliphatic rings. The van der Waals surface area contributed by atoms with E-state index >= 15 is 0 Å². The molecule has 1 aromatic carbocycles. The third-order valence-electron chi connectivity index (χ3n) is 4.84. The van der Waals surface area contributed by atoms with E-state index in [1.165, 1.54) is 50.5 Å². The summed E-state index contributed by atoms with van der Waals surface area (Å²) in [5.41, 5.74) is 1.37. The van der Waals surface area contributed by atoms with Crippen LogP contribution in [0.4, 0.5) is 0 Å². The molecule has 3 atom stereocenters. The van der Waals surface area contributed by atoms with Crippen LogP contribution in [0.3, 0.4) is 0 Å². The molecule has 1 saturated carbocycles. The lowest BCUT2D eigenvalue weighted by Gasteiger charge is -2.27. The molecular formula is C19H30ClN. The minimum absolute atomic E-state index is 0.480. The van der Waals surface area contributed by atoms with Crippen molar-refractivity contribution in [3.8, 4) is 0 Å². The molecule has 1 aliphatic carbocycles. The highest BCUT2D eigenvalue weighted by atomic mass is 35.5. The van der Waals surface area contributed by atoms with Gasteiger partial charge >= 0.3 is 0 Å². The monoisotopic (exact) mass is 307 g/mol. The van der Waals surface area contributed by atoms with Crippen LogP contribution in [0, 0.1) is 11.8 Å². The second-order valence-corrected chi connectivity index (χ2v) is 7.21. The minimum atomic E-state index is 0.480. The molecule has 3 unspecified atom stereocenters. The van der Waals surface area contributed by atoms with E-state index < -0.39 is 0 Å². The first-order chi connectivity index (χ1) is 10.2. The van der Waals surface area contributed by atoms with E-state index in [4.69, 9.17) is 11.6 Å². The van der Waals surface area contributed by atoms with Crippen molar-refractivity contribution >= 4 is 11.6 Å². The predicted molar refractivity (Wildman–Crippen MR) is 92.8 cm³/mol. The van der Waals surface area contributed by atoms with Crippen molar-refractivity contribution in [1.29, 1.82) is 0 Å². The van der Waals surface area contributed by atoms with E-state index in [9.17, 15) is 0 Å². The fourth-order valence-corrected chi connectivity index (χ4v) is 3.78. The van der Waals surface area contributed by atoms with E-state index in [0.29, 0.717) is 6.04 Å². The Balaban J connectivity index is 1.81. The van der Waals surface area contributed by atoms with Crippen LogP contribution in [0.5, 0.6) is 0 Å². The van der Waals surface area contributed by atoms with Crippen molar-refractivity contribution in [3.63, 3.8) is 0 Å². The van der Waals surface area contributed by atoms with Crippen LogP contribution in [0.1, 0.15) is 70.4 Å². The average molecular weight is 308 g/mol. The maximum atomic E-state index is 5.99. The highest BCUT2D eigenvalue weighted by Crippen LogP contribution is 2.30. The van der Waals surface area contributed by atoms with Crippen molar-refractivity contribution < 1.29 is 0 Å². The van der Waals surface area contributed by atoms with Crippen molar-refractivity contribution in [3.05, 3.63) is 34.9 Å². The third kappa shape index (κ3) is 5.64. The normalized spacial score (nSPS) is 24.0. The SMILES string of the molecule is CCCC(NCCC1CCCC(C)C1)c1ccc(Cl)cc1. The quantitative estimate of drug-likeness (QED) is 0.652. The van der Waals surface area contributed by atoms with Crippen LogP contribution >= 0.6 is 11.6 Å². The zero-order chi connectivity index (χ0) is 15.1. The van der Waals surface area contributed by atoms with Gasteiger partial charge in [0.2, 0.25) is 0 Å². The van der Waals surface area contributed by atoms with Gasteiger partial charge in [0.1, 0.15) is 0 Å². The van der Waals surface area contributed by atoms with Crippen LogP contribution in [0.2, 0.25) is 5.02 Å². The lowest BCUT2D eigenvalue weighted by molar-refractivity contribution is 0.264. The first-order valence-electron chi connectivity index (χ1n) is 8.68. The number of hydrogen-bond donors (Lipinski definition) is 1. The summed E-state index contributed by atoms with van der Waals surface area (Å²) in [6, 6.07) is 8.82. The van der Waals surface area contributed by atoms with E-state index in [0.717, 1.165) is 23.4 Å². The molecule has 1 fully saturated rings. The first kappa shape index (κ1) is 16.8. The number of nitrogens with one attached hydrogen (secondary N) is 1. The molecule has 1 aromatic rings. The van der Waals surface area contributed by atoms with Crippen LogP contribution in [-0.4, -0.2) is 6.54 Å². The Bertz CT molecular complexity index is 401. The van der Waals surface area contributed by atoms with Crippen molar-refractivity contribution in [2.75, 3.05) is 6.54 Å². The zero-order valence-corrected chi connectivity index (χ0v) is 14.3. The summed E-state index contributed by atoms with van der Waals surface area (Å²) in [5.74, 6) is 1.88. The molecule has 21 heavy (non-hydrogen) atoms. The highest BCUT2D eigenvalue weighted by molar-refractivity contribution is 6.30. The predicted octanol–water partition coefficient (Wildman–Crippen LogP) is 5.99. The summed E-state index contributed by atoms with van der Waals surface area (Å²) in [6.45, 7) is 5.81. The standard InChI is InChI=1S/C19H30ClN/c1-3-5-19(17-8-10-18(20)11-9-17)21-13-12-16-7-4-6-15(2)14-16/h8-11,15-16,19,21H,3-7,12-14H2,1-2H3. The van der Waals surface area contributed by atoms with E-state index in [-0.39, 0.29) is 0 Å². The topological polar surface area (TPSA) is 12.0 Å². The van der Waals surface area contributed by atoms with Gasteiger partial charge in [-0.1, -0.05) is 63.3 Å².